The van der Waals surface area contributed by atoms with Gasteiger partial charge in [0.05, 0.1) is 0 Å². The van der Waals surface area contributed by atoms with Crippen molar-refractivity contribution in [3.63, 3.8) is 0 Å². The Balaban J connectivity index is 1.90. The largest absolute Gasteiger partial charge is 0.489 e. The molecule has 0 saturated carbocycles. The zero-order valence-electron chi connectivity index (χ0n) is 12.7. The highest BCUT2D eigenvalue weighted by Crippen LogP contribution is 2.23. The lowest BCUT2D eigenvalue weighted by Crippen LogP contribution is -2.15. The summed E-state index contributed by atoms with van der Waals surface area (Å²) < 4.78 is 6.94. The molecule has 0 aromatic heterocycles. The minimum Gasteiger partial charge on any atom is -0.489 e. The summed E-state index contributed by atoms with van der Waals surface area (Å²) in [6.07, 6.45) is 1.07. The van der Waals surface area contributed by atoms with Crippen LogP contribution >= 0.6 is 15.9 Å². The van der Waals surface area contributed by atoms with Gasteiger partial charge in [-0.25, -0.2) is 0 Å². The maximum atomic E-state index is 5.90. The second-order valence-electron chi connectivity index (χ2n) is 5.12. The smallest absolute Gasteiger partial charge is 0.123 e. The van der Waals surface area contributed by atoms with Gasteiger partial charge in [-0.05, 0) is 55.3 Å². The van der Waals surface area contributed by atoms with Crippen LogP contribution in [0, 0.1) is 6.92 Å². The first-order valence-corrected chi connectivity index (χ1v) is 8.16. The Morgan fingerprint density at radius 2 is 1.76 bits per heavy atom. The van der Waals surface area contributed by atoms with Crippen molar-refractivity contribution >= 4 is 15.9 Å². The Labute approximate surface area is 135 Å². The first kappa shape index (κ1) is 16.1. The van der Waals surface area contributed by atoms with Gasteiger partial charge >= 0.3 is 0 Å². The fraction of sp³-hybridized carbons (Fsp3) is 0.333. The predicted octanol–water partition coefficient (Wildman–Crippen LogP) is 4.49. The third-order valence-corrected chi connectivity index (χ3v) is 3.90. The van der Waals surface area contributed by atoms with E-state index in [1.165, 1.54) is 11.1 Å². The average molecular weight is 348 g/mol. The van der Waals surface area contributed by atoms with Gasteiger partial charge in [-0.2, -0.15) is 0 Å². The summed E-state index contributed by atoms with van der Waals surface area (Å²) in [5, 5.41) is 3.34. The van der Waals surface area contributed by atoms with E-state index >= 15 is 0 Å². The van der Waals surface area contributed by atoms with E-state index in [1.807, 2.05) is 12.1 Å². The van der Waals surface area contributed by atoms with Crippen LogP contribution in [0.1, 0.15) is 23.6 Å². The molecule has 0 amide bonds. The minimum absolute atomic E-state index is 0.602. The number of hydrogen-bond donors (Lipinski definition) is 1. The van der Waals surface area contributed by atoms with E-state index < -0.39 is 0 Å². The van der Waals surface area contributed by atoms with E-state index in [9.17, 15) is 0 Å². The van der Waals surface area contributed by atoms with E-state index in [2.05, 4.69) is 65.4 Å². The van der Waals surface area contributed by atoms with E-state index in [0.717, 1.165) is 35.3 Å². The Hall–Kier alpha value is -1.32. The lowest BCUT2D eigenvalue weighted by atomic mass is 10.1. The first-order valence-electron chi connectivity index (χ1n) is 7.36. The molecule has 0 aliphatic carbocycles. The van der Waals surface area contributed by atoms with Crippen LogP contribution < -0.4 is 10.1 Å². The van der Waals surface area contributed by atoms with Crippen LogP contribution in [-0.4, -0.2) is 13.1 Å². The third-order valence-electron chi connectivity index (χ3n) is 3.41. The molecule has 2 nitrogen and oxygen atoms in total. The number of hydrogen-bond acceptors (Lipinski definition) is 2. The molecule has 0 bridgehead atoms. The van der Waals surface area contributed by atoms with Crippen molar-refractivity contribution in [3.8, 4) is 5.75 Å². The van der Waals surface area contributed by atoms with Gasteiger partial charge in [0.15, 0.2) is 0 Å². The fourth-order valence-corrected chi connectivity index (χ4v) is 2.44. The van der Waals surface area contributed by atoms with Crippen LogP contribution in [0.4, 0.5) is 0 Å². The zero-order chi connectivity index (χ0) is 15.1. The lowest BCUT2D eigenvalue weighted by Gasteiger charge is -2.10. The maximum Gasteiger partial charge on any atom is 0.123 e. The molecule has 0 atom stereocenters. The van der Waals surface area contributed by atoms with Crippen molar-refractivity contribution in [3.05, 3.63) is 63.6 Å². The second kappa shape index (κ2) is 8.20. The van der Waals surface area contributed by atoms with Gasteiger partial charge in [0.2, 0.25) is 0 Å². The van der Waals surface area contributed by atoms with Crippen molar-refractivity contribution in [1.29, 1.82) is 0 Å². The van der Waals surface area contributed by atoms with Gasteiger partial charge in [-0.1, -0.05) is 53.2 Å². The van der Waals surface area contributed by atoms with Crippen molar-refractivity contribution in [1.82, 2.24) is 5.32 Å². The average Bonchev–Trinajstić information content (AvgIpc) is 2.50. The molecule has 0 unspecified atom stereocenters. The van der Waals surface area contributed by atoms with Crippen molar-refractivity contribution in [2.24, 2.45) is 0 Å². The second-order valence-corrected chi connectivity index (χ2v) is 6.03. The highest BCUT2D eigenvalue weighted by atomic mass is 79.9. The molecule has 0 spiro atoms. The number of benzene rings is 2. The molecule has 112 valence electrons. The van der Waals surface area contributed by atoms with Crippen LogP contribution in [0.25, 0.3) is 0 Å². The fourth-order valence-electron chi connectivity index (χ4n) is 2.10. The molecule has 0 saturated heterocycles. The van der Waals surface area contributed by atoms with E-state index in [4.69, 9.17) is 4.74 Å². The molecule has 0 aliphatic heterocycles. The molecular weight excluding hydrogens is 326 g/mol. The Morgan fingerprint density at radius 1 is 1.05 bits per heavy atom. The molecule has 2 aromatic carbocycles. The number of nitrogens with one attached hydrogen (secondary N) is 1. The summed E-state index contributed by atoms with van der Waals surface area (Å²) in [5.74, 6) is 0.931. The molecule has 2 rings (SSSR count). The molecule has 0 radical (unpaired) electrons. The van der Waals surface area contributed by atoms with E-state index in [1.54, 1.807) is 0 Å². The maximum absolute atomic E-state index is 5.90. The van der Waals surface area contributed by atoms with E-state index in [-0.39, 0.29) is 0 Å². The summed E-state index contributed by atoms with van der Waals surface area (Å²) in [5.41, 5.74) is 3.71. The van der Waals surface area contributed by atoms with Gasteiger partial charge in [-0.15, -0.1) is 0 Å². The number of halogens is 1. The van der Waals surface area contributed by atoms with E-state index in [0.29, 0.717) is 6.61 Å². The van der Waals surface area contributed by atoms with Gasteiger partial charge < -0.3 is 10.1 Å². The first-order chi connectivity index (χ1) is 10.2. The summed E-state index contributed by atoms with van der Waals surface area (Å²) >= 11 is 3.48. The minimum atomic E-state index is 0.602. The summed E-state index contributed by atoms with van der Waals surface area (Å²) in [6.45, 7) is 6.85. The van der Waals surface area contributed by atoms with Crippen LogP contribution in [0.2, 0.25) is 0 Å². The monoisotopic (exact) mass is 347 g/mol. The SMILES string of the molecule is CCNCCc1ccc(COc2cc(Br)ccc2C)cc1. The Morgan fingerprint density at radius 3 is 2.48 bits per heavy atom. The number of likely N-dealkylation sites (N-methyl/N-ethyl adjacent to an activating group) is 1. The van der Waals surface area contributed by atoms with Gasteiger partial charge in [0, 0.05) is 4.47 Å². The van der Waals surface area contributed by atoms with Crippen LogP contribution in [0.3, 0.4) is 0 Å². The lowest BCUT2D eigenvalue weighted by molar-refractivity contribution is 0.304. The summed E-state index contributed by atoms with van der Waals surface area (Å²) in [7, 11) is 0. The quantitative estimate of drug-likeness (QED) is 0.745. The van der Waals surface area contributed by atoms with Gasteiger partial charge in [0.25, 0.3) is 0 Å². The molecule has 1 N–H and O–H groups in total. The highest BCUT2D eigenvalue weighted by Gasteiger charge is 2.01. The third kappa shape index (κ3) is 5.18. The molecule has 21 heavy (non-hydrogen) atoms. The van der Waals surface area contributed by atoms with Gasteiger partial charge in [-0.3, -0.25) is 0 Å². The molecule has 0 fully saturated rings. The zero-order valence-corrected chi connectivity index (χ0v) is 14.2. The molecule has 2 aromatic rings. The number of rotatable bonds is 7. The molecule has 3 heteroatoms. The van der Waals surface area contributed by atoms with Crippen LogP contribution in [0.15, 0.2) is 46.9 Å². The van der Waals surface area contributed by atoms with Crippen LogP contribution in [0.5, 0.6) is 5.75 Å². The number of ether oxygens (including phenoxy) is 1. The van der Waals surface area contributed by atoms with Gasteiger partial charge in [0.1, 0.15) is 12.4 Å². The van der Waals surface area contributed by atoms with Crippen molar-refractivity contribution in [2.75, 3.05) is 13.1 Å². The summed E-state index contributed by atoms with van der Waals surface area (Å²) in [4.78, 5) is 0. The molecule has 0 aliphatic rings. The van der Waals surface area contributed by atoms with Crippen LogP contribution in [-0.2, 0) is 13.0 Å². The number of aryl methyl sites for hydroxylation is 1. The predicted molar refractivity (Wildman–Crippen MR) is 91.9 cm³/mol. The molecular formula is C18H22BrNO. The molecule has 0 heterocycles. The topological polar surface area (TPSA) is 21.3 Å². The summed E-state index contributed by atoms with van der Waals surface area (Å²) in [6, 6.07) is 14.8. The van der Waals surface area contributed by atoms with Crippen molar-refractivity contribution in [2.45, 2.75) is 26.9 Å². The Bertz CT molecular complexity index is 566. The normalized spacial score (nSPS) is 10.6. The highest BCUT2D eigenvalue weighted by molar-refractivity contribution is 9.10. The Kier molecular flexibility index (Phi) is 6.27. The standard InChI is InChI=1S/C18H22BrNO/c1-3-20-11-10-15-5-7-16(8-6-15)13-21-18-12-17(19)9-4-14(18)2/h4-9,12,20H,3,10-11,13H2,1-2H3. The van der Waals surface area contributed by atoms with Crippen molar-refractivity contribution < 1.29 is 4.74 Å².